The summed E-state index contributed by atoms with van der Waals surface area (Å²) in [6, 6.07) is 11.9. The van der Waals surface area contributed by atoms with E-state index in [9.17, 15) is 14.4 Å². The summed E-state index contributed by atoms with van der Waals surface area (Å²) in [6.45, 7) is 0.0630. The molecule has 156 valence electrons. The molecule has 1 aliphatic heterocycles. The van der Waals surface area contributed by atoms with E-state index in [0.717, 1.165) is 16.7 Å². The molecule has 0 radical (unpaired) electrons. The minimum Gasteiger partial charge on any atom is -0.492 e. The summed E-state index contributed by atoms with van der Waals surface area (Å²) >= 11 is 10.0. The minimum atomic E-state index is -0.584. The first-order chi connectivity index (χ1) is 14.3. The average Bonchev–Trinajstić information content (AvgIpc) is 2.96. The number of nitrogens with zero attached hydrogens (tertiary/aromatic N) is 1. The number of hydrogen-bond acceptors (Lipinski definition) is 6. The van der Waals surface area contributed by atoms with Gasteiger partial charge in [-0.15, -0.1) is 0 Å². The van der Waals surface area contributed by atoms with E-state index in [2.05, 4.69) is 15.9 Å². The number of ether oxygens (including phenoxy) is 2. The molecule has 3 rings (SSSR count). The van der Waals surface area contributed by atoms with Crippen LogP contribution < -0.4 is 15.2 Å². The van der Waals surface area contributed by atoms with Crippen LogP contribution in [0.3, 0.4) is 0 Å². The number of amides is 3. The Morgan fingerprint density at radius 1 is 1.17 bits per heavy atom. The van der Waals surface area contributed by atoms with Crippen molar-refractivity contribution in [2.24, 2.45) is 5.73 Å². The molecule has 1 fully saturated rings. The molecule has 2 N–H and O–H groups in total. The summed E-state index contributed by atoms with van der Waals surface area (Å²) in [5, 5.41) is 0.240. The van der Waals surface area contributed by atoms with Gasteiger partial charge in [-0.2, -0.15) is 0 Å². The predicted octanol–water partition coefficient (Wildman–Crippen LogP) is 4.08. The standard InChI is InChI=1S/C20H16BrClN2O5S/c21-15-9-12(1-6-16(15)29-11-18(23)25)10-17-19(26)24(20(27)30-17)7-8-28-14-4-2-13(22)3-5-14/h1-6,9-10H,7-8,11H2,(H2,23,25)/b17-10-. The second kappa shape index (κ2) is 10.0. The van der Waals surface area contributed by atoms with Crippen molar-refractivity contribution in [1.29, 1.82) is 0 Å². The van der Waals surface area contributed by atoms with Gasteiger partial charge in [-0.3, -0.25) is 19.3 Å². The van der Waals surface area contributed by atoms with Gasteiger partial charge in [0.2, 0.25) is 0 Å². The molecule has 0 aromatic heterocycles. The summed E-state index contributed by atoms with van der Waals surface area (Å²) in [5.74, 6) is 0.0818. The summed E-state index contributed by atoms with van der Waals surface area (Å²) in [5.41, 5.74) is 5.76. The van der Waals surface area contributed by atoms with Crippen LogP contribution in [0, 0.1) is 0 Å². The third-order valence-electron chi connectivity index (χ3n) is 3.89. The molecule has 0 bridgehead atoms. The van der Waals surface area contributed by atoms with Crippen LogP contribution >= 0.6 is 39.3 Å². The number of nitrogens with two attached hydrogens (primary N) is 1. The molecule has 1 saturated heterocycles. The Bertz CT molecular complexity index is 1010. The van der Waals surface area contributed by atoms with Gasteiger partial charge >= 0.3 is 0 Å². The maximum atomic E-state index is 12.6. The van der Waals surface area contributed by atoms with Crippen LogP contribution in [-0.2, 0) is 9.59 Å². The predicted molar refractivity (Wildman–Crippen MR) is 118 cm³/mol. The number of imide groups is 1. The normalized spacial score (nSPS) is 15.0. The minimum absolute atomic E-state index is 0.133. The highest BCUT2D eigenvalue weighted by molar-refractivity contribution is 9.10. The summed E-state index contributed by atoms with van der Waals surface area (Å²) < 4.78 is 11.4. The highest BCUT2D eigenvalue weighted by Crippen LogP contribution is 2.33. The van der Waals surface area contributed by atoms with Crippen LogP contribution in [0.4, 0.5) is 4.79 Å². The number of primary amides is 1. The zero-order valence-electron chi connectivity index (χ0n) is 15.5. The molecule has 1 heterocycles. The Balaban J connectivity index is 1.62. The van der Waals surface area contributed by atoms with E-state index in [4.69, 9.17) is 26.8 Å². The molecular formula is C20H16BrClN2O5S. The van der Waals surface area contributed by atoms with Crippen LogP contribution in [-0.4, -0.2) is 41.7 Å². The number of rotatable bonds is 8. The Morgan fingerprint density at radius 2 is 1.90 bits per heavy atom. The molecule has 0 atom stereocenters. The maximum Gasteiger partial charge on any atom is 0.293 e. The molecule has 3 amide bonds. The van der Waals surface area contributed by atoms with Crippen molar-refractivity contribution in [1.82, 2.24) is 4.90 Å². The molecule has 0 spiro atoms. The lowest BCUT2D eigenvalue weighted by Gasteiger charge is -2.13. The Hall–Kier alpha value is -2.49. The second-order valence-electron chi connectivity index (χ2n) is 6.08. The van der Waals surface area contributed by atoms with Crippen LogP contribution in [0.5, 0.6) is 11.5 Å². The lowest BCUT2D eigenvalue weighted by atomic mass is 10.2. The number of thioether (sulfide) groups is 1. The van der Waals surface area contributed by atoms with Gasteiger partial charge in [-0.1, -0.05) is 17.7 Å². The van der Waals surface area contributed by atoms with Crippen LogP contribution in [0.1, 0.15) is 5.56 Å². The molecule has 0 saturated carbocycles. The Morgan fingerprint density at radius 3 is 2.57 bits per heavy atom. The van der Waals surface area contributed by atoms with Gasteiger partial charge in [0, 0.05) is 5.02 Å². The maximum absolute atomic E-state index is 12.6. The van der Waals surface area contributed by atoms with Gasteiger partial charge < -0.3 is 15.2 Å². The fourth-order valence-electron chi connectivity index (χ4n) is 2.50. The summed E-state index contributed by atoms with van der Waals surface area (Å²) in [6.07, 6.45) is 1.62. The van der Waals surface area contributed by atoms with Gasteiger partial charge in [0.25, 0.3) is 17.1 Å². The topological polar surface area (TPSA) is 98.9 Å². The van der Waals surface area contributed by atoms with Crippen LogP contribution in [0.2, 0.25) is 5.02 Å². The molecular weight excluding hydrogens is 496 g/mol. The quantitative estimate of drug-likeness (QED) is 0.536. The molecule has 2 aromatic carbocycles. The number of halogens is 2. The lowest BCUT2D eigenvalue weighted by molar-refractivity contribution is -0.123. The SMILES string of the molecule is NC(=O)COc1ccc(/C=C2\SC(=O)N(CCOc3ccc(Cl)cc3)C2=O)cc1Br. The molecule has 2 aromatic rings. The smallest absolute Gasteiger partial charge is 0.293 e. The first-order valence-corrected chi connectivity index (χ1v) is 10.7. The van der Waals surface area contributed by atoms with Crippen molar-refractivity contribution in [2.75, 3.05) is 19.8 Å². The van der Waals surface area contributed by atoms with Crippen molar-refractivity contribution >= 4 is 62.4 Å². The van der Waals surface area contributed by atoms with E-state index in [0.29, 0.717) is 31.5 Å². The van der Waals surface area contributed by atoms with Crippen molar-refractivity contribution in [3.63, 3.8) is 0 Å². The molecule has 30 heavy (non-hydrogen) atoms. The van der Waals surface area contributed by atoms with E-state index in [1.807, 2.05) is 0 Å². The zero-order chi connectivity index (χ0) is 21.7. The fourth-order valence-corrected chi connectivity index (χ4v) is 4.00. The molecule has 10 heteroatoms. The molecule has 0 aliphatic carbocycles. The third-order valence-corrected chi connectivity index (χ3v) is 5.67. The lowest BCUT2D eigenvalue weighted by Crippen LogP contribution is -2.32. The number of benzene rings is 2. The van der Waals surface area contributed by atoms with Gasteiger partial charge in [0.05, 0.1) is 15.9 Å². The van der Waals surface area contributed by atoms with Crippen molar-refractivity contribution in [2.45, 2.75) is 0 Å². The number of hydrogen-bond donors (Lipinski definition) is 1. The highest BCUT2D eigenvalue weighted by atomic mass is 79.9. The average molecular weight is 512 g/mol. The Labute approximate surface area is 190 Å². The summed E-state index contributed by atoms with van der Waals surface area (Å²) in [7, 11) is 0. The van der Waals surface area contributed by atoms with Crippen molar-refractivity contribution in [3.05, 3.63) is 62.4 Å². The van der Waals surface area contributed by atoms with E-state index in [-0.39, 0.29) is 30.9 Å². The first kappa shape index (κ1) is 22.2. The van der Waals surface area contributed by atoms with Gasteiger partial charge in [0.15, 0.2) is 6.61 Å². The molecule has 7 nitrogen and oxygen atoms in total. The second-order valence-corrected chi connectivity index (χ2v) is 8.36. The van der Waals surface area contributed by atoms with E-state index in [1.165, 1.54) is 0 Å². The van der Waals surface area contributed by atoms with Gasteiger partial charge in [0.1, 0.15) is 18.1 Å². The van der Waals surface area contributed by atoms with Gasteiger partial charge in [-0.25, -0.2) is 0 Å². The van der Waals surface area contributed by atoms with Crippen LogP contribution in [0.25, 0.3) is 6.08 Å². The zero-order valence-corrected chi connectivity index (χ0v) is 18.6. The highest BCUT2D eigenvalue weighted by Gasteiger charge is 2.34. The largest absolute Gasteiger partial charge is 0.492 e. The number of carbonyl (C=O) groups is 3. The van der Waals surface area contributed by atoms with E-state index >= 15 is 0 Å². The van der Waals surface area contributed by atoms with E-state index < -0.39 is 5.91 Å². The number of carbonyl (C=O) groups excluding carboxylic acids is 3. The van der Waals surface area contributed by atoms with Gasteiger partial charge in [-0.05, 0) is 75.7 Å². The van der Waals surface area contributed by atoms with Crippen molar-refractivity contribution < 1.29 is 23.9 Å². The monoisotopic (exact) mass is 510 g/mol. The molecule has 0 unspecified atom stereocenters. The fraction of sp³-hybridized carbons (Fsp3) is 0.150. The van der Waals surface area contributed by atoms with Crippen LogP contribution in [0.15, 0.2) is 51.8 Å². The Kier molecular flexibility index (Phi) is 7.41. The summed E-state index contributed by atoms with van der Waals surface area (Å²) in [4.78, 5) is 37.1. The molecule has 1 aliphatic rings. The first-order valence-electron chi connectivity index (χ1n) is 8.68. The van der Waals surface area contributed by atoms with E-state index in [1.54, 1.807) is 48.5 Å². The third kappa shape index (κ3) is 5.78. The van der Waals surface area contributed by atoms with Crippen molar-refractivity contribution in [3.8, 4) is 11.5 Å².